The Bertz CT molecular complexity index is 1450. The van der Waals surface area contributed by atoms with Gasteiger partial charge in [-0.2, -0.15) is 0 Å². The number of anilines is 1. The first-order valence-electron chi connectivity index (χ1n) is 9.72. The third-order valence-corrected chi connectivity index (χ3v) is 6.06. The molecule has 3 aromatic rings. The summed E-state index contributed by atoms with van der Waals surface area (Å²) in [5, 5.41) is 2.32. The topological polar surface area (TPSA) is 123 Å². The molecular weight excluding hydrogens is 484 g/mol. The molecule has 9 nitrogen and oxygen atoms in total. The molecule has 1 fully saturated rings. The predicted molar refractivity (Wildman–Crippen MR) is 127 cm³/mol. The molecule has 0 saturated carbocycles. The van der Waals surface area contributed by atoms with Crippen LogP contribution in [0.4, 0.5) is 10.5 Å². The minimum absolute atomic E-state index is 0.0140. The molecule has 1 aliphatic heterocycles. The number of methoxy groups -OCH3 is 1. The largest absolute Gasteiger partial charge is 0.465 e. The number of para-hydroxylation sites is 1. The van der Waals surface area contributed by atoms with Crippen LogP contribution in [0.5, 0.6) is 0 Å². The van der Waals surface area contributed by atoms with Crippen molar-refractivity contribution in [3.63, 3.8) is 0 Å². The van der Waals surface area contributed by atoms with Crippen molar-refractivity contribution in [1.29, 1.82) is 0 Å². The number of nitrogens with zero attached hydrogens (tertiary/aromatic N) is 1. The molecule has 0 unspecified atom stereocenters. The van der Waals surface area contributed by atoms with Crippen molar-refractivity contribution >= 4 is 69.1 Å². The number of hydrogen-bond acceptors (Lipinski definition) is 8. The van der Waals surface area contributed by atoms with Crippen LogP contribution in [0.1, 0.15) is 15.9 Å². The summed E-state index contributed by atoms with van der Waals surface area (Å²) in [6.45, 7) is -0.565. The number of amides is 3. The Morgan fingerprint density at radius 2 is 1.94 bits per heavy atom. The Morgan fingerprint density at radius 1 is 1.18 bits per heavy atom. The molecule has 2 aromatic carbocycles. The van der Waals surface area contributed by atoms with Gasteiger partial charge in [-0.3, -0.25) is 24.1 Å². The monoisotopic (exact) mass is 498 g/mol. The van der Waals surface area contributed by atoms with Gasteiger partial charge in [0.25, 0.3) is 11.1 Å². The molecular formula is C23H15ClN2O7S. The number of nitrogens with one attached hydrogen (secondary N) is 1. The molecule has 34 heavy (non-hydrogen) atoms. The minimum Gasteiger partial charge on any atom is -0.465 e. The lowest BCUT2D eigenvalue weighted by atomic mass is 10.1. The molecule has 2 heterocycles. The zero-order chi connectivity index (χ0) is 24.4. The molecule has 0 spiro atoms. The van der Waals surface area contributed by atoms with E-state index < -0.39 is 29.6 Å². The number of esters is 1. The van der Waals surface area contributed by atoms with E-state index >= 15 is 0 Å². The Labute approximate surface area is 201 Å². The van der Waals surface area contributed by atoms with Crippen LogP contribution in [-0.2, 0) is 14.3 Å². The SMILES string of the molecule is COC(=O)c1cc(NC(=O)CN2C(=O)S/C(=C\c3coc4ccccc4c3=O)C2=O)ccc1Cl. The Morgan fingerprint density at radius 3 is 2.71 bits per heavy atom. The number of carbonyl (C=O) groups is 4. The van der Waals surface area contributed by atoms with Gasteiger partial charge in [0.15, 0.2) is 5.43 Å². The third-order valence-electron chi connectivity index (χ3n) is 4.82. The van der Waals surface area contributed by atoms with Crippen LogP contribution in [-0.4, -0.2) is 41.6 Å². The van der Waals surface area contributed by atoms with Crippen LogP contribution in [0.3, 0.4) is 0 Å². The lowest BCUT2D eigenvalue weighted by Gasteiger charge is -2.13. The second-order valence-corrected chi connectivity index (χ2v) is 8.42. The van der Waals surface area contributed by atoms with Gasteiger partial charge in [0.1, 0.15) is 18.4 Å². The zero-order valence-electron chi connectivity index (χ0n) is 17.5. The van der Waals surface area contributed by atoms with Gasteiger partial charge < -0.3 is 14.5 Å². The van der Waals surface area contributed by atoms with Gasteiger partial charge in [0.2, 0.25) is 5.91 Å². The number of fused-ring (bicyclic) bond motifs is 1. The van der Waals surface area contributed by atoms with E-state index in [1.807, 2.05) is 0 Å². The highest BCUT2D eigenvalue weighted by Gasteiger charge is 2.36. The fourth-order valence-corrected chi connectivity index (χ4v) is 4.21. The predicted octanol–water partition coefficient (Wildman–Crippen LogP) is 3.91. The van der Waals surface area contributed by atoms with E-state index in [2.05, 4.69) is 10.1 Å². The number of carbonyl (C=O) groups excluding carboxylic acids is 4. The number of rotatable bonds is 5. The van der Waals surface area contributed by atoms with Gasteiger partial charge in [-0.1, -0.05) is 23.7 Å². The maximum Gasteiger partial charge on any atom is 0.339 e. The molecule has 0 atom stereocenters. The van der Waals surface area contributed by atoms with E-state index in [1.165, 1.54) is 37.6 Å². The molecule has 172 valence electrons. The average Bonchev–Trinajstić information content (AvgIpc) is 3.09. The van der Waals surface area contributed by atoms with Gasteiger partial charge in [-0.05, 0) is 48.2 Å². The van der Waals surface area contributed by atoms with E-state index in [1.54, 1.807) is 24.3 Å². The normalized spacial score (nSPS) is 14.6. The van der Waals surface area contributed by atoms with Crippen molar-refractivity contribution in [3.05, 3.63) is 80.0 Å². The van der Waals surface area contributed by atoms with Gasteiger partial charge in [0, 0.05) is 5.69 Å². The second-order valence-electron chi connectivity index (χ2n) is 7.02. The molecule has 1 saturated heterocycles. The summed E-state index contributed by atoms with van der Waals surface area (Å²) in [5.74, 6) is -2.08. The Hall–Kier alpha value is -3.89. The number of halogens is 1. The van der Waals surface area contributed by atoms with Gasteiger partial charge in [-0.25, -0.2) is 4.79 Å². The van der Waals surface area contributed by atoms with Crippen molar-refractivity contribution in [1.82, 2.24) is 4.90 Å². The van der Waals surface area contributed by atoms with Crippen molar-refractivity contribution in [2.24, 2.45) is 0 Å². The van der Waals surface area contributed by atoms with Crippen molar-refractivity contribution < 1.29 is 28.3 Å². The molecule has 0 aliphatic carbocycles. The quantitative estimate of drug-likeness (QED) is 0.415. The number of hydrogen-bond donors (Lipinski definition) is 1. The van der Waals surface area contributed by atoms with E-state index in [-0.39, 0.29) is 32.2 Å². The Kier molecular flexibility index (Phi) is 6.53. The van der Waals surface area contributed by atoms with Crippen LogP contribution in [0.15, 0.2) is 62.8 Å². The van der Waals surface area contributed by atoms with Crippen LogP contribution < -0.4 is 10.7 Å². The van der Waals surface area contributed by atoms with E-state index in [4.69, 9.17) is 16.0 Å². The highest BCUT2D eigenvalue weighted by atomic mass is 35.5. The molecule has 1 aromatic heterocycles. The summed E-state index contributed by atoms with van der Waals surface area (Å²) < 4.78 is 10.1. The Balaban J connectivity index is 1.50. The molecule has 1 aliphatic rings. The maximum atomic E-state index is 12.7. The lowest BCUT2D eigenvalue weighted by molar-refractivity contribution is -0.127. The molecule has 3 amide bonds. The number of benzene rings is 2. The standard InChI is InChI=1S/C23H15ClN2O7S/c1-32-22(30)15-9-13(6-7-16(15)24)25-19(27)10-26-21(29)18(34-23(26)31)8-12-11-33-17-5-3-2-4-14(17)20(12)28/h2-9,11H,10H2,1H3,(H,25,27)/b18-8-. The van der Waals surface area contributed by atoms with Crippen molar-refractivity contribution in [2.75, 3.05) is 19.0 Å². The molecule has 0 bridgehead atoms. The van der Waals surface area contributed by atoms with Crippen LogP contribution in [0, 0.1) is 0 Å². The average molecular weight is 499 g/mol. The van der Waals surface area contributed by atoms with E-state index in [0.717, 1.165) is 4.90 Å². The summed E-state index contributed by atoms with van der Waals surface area (Å²) in [7, 11) is 1.19. The first kappa shape index (κ1) is 23.3. The van der Waals surface area contributed by atoms with Gasteiger partial charge in [-0.15, -0.1) is 0 Å². The maximum absolute atomic E-state index is 12.7. The summed E-state index contributed by atoms with van der Waals surface area (Å²) in [6, 6.07) is 10.8. The van der Waals surface area contributed by atoms with Crippen LogP contribution in [0.2, 0.25) is 5.02 Å². The summed E-state index contributed by atoms with van der Waals surface area (Å²) in [4.78, 5) is 62.7. The van der Waals surface area contributed by atoms with Crippen molar-refractivity contribution in [2.45, 2.75) is 0 Å². The van der Waals surface area contributed by atoms with Crippen LogP contribution in [0.25, 0.3) is 17.0 Å². The number of thioether (sulfide) groups is 1. The van der Waals surface area contributed by atoms with E-state index in [0.29, 0.717) is 22.7 Å². The smallest absolute Gasteiger partial charge is 0.339 e. The van der Waals surface area contributed by atoms with Gasteiger partial charge in [0.05, 0.1) is 33.6 Å². The second kappa shape index (κ2) is 9.54. The summed E-state index contributed by atoms with van der Waals surface area (Å²) in [6.07, 6.45) is 2.48. The fraction of sp³-hybridized carbons (Fsp3) is 0.0870. The molecule has 11 heteroatoms. The number of ether oxygens (including phenoxy) is 1. The minimum atomic E-state index is -0.718. The summed E-state index contributed by atoms with van der Waals surface area (Å²) >= 11 is 6.57. The lowest BCUT2D eigenvalue weighted by Crippen LogP contribution is -2.36. The third kappa shape index (κ3) is 4.59. The number of imide groups is 1. The van der Waals surface area contributed by atoms with Crippen LogP contribution >= 0.6 is 23.4 Å². The fourth-order valence-electron chi connectivity index (χ4n) is 3.18. The molecule has 4 rings (SSSR count). The molecule has 1 N–H and O–H groups in total. The highest BCUT2D eigenvalue weighted by molar-refractivity contribution is 8.18. The highest BCUT2D eigenvalue weighted by Crippen LogP contribution is 2.32. The summed E-state index contributed by atoms with van der Waals surface area (Å²) in [5.41, 5.74) is 0.420. The van der Waals surface area contributed by atoms with E-state index in [9.17, 15) is 24.0 Å². The molecule has 0 radical (unpaired) electrons. The van der Waals surface area contributed by atoms with Crippen molar-refractivity contribution in [3.8, 4) is 0 Å². The first-order chi connectivity index (χ1) is 16.3. The zero-order valence-corrected chi connectivity index (χ0v) is 19.1. The van der Waals surface area contributed by atoms with Gasteiger partial charge >= 0.3 is 5.97 Å². The first-order valence-corrected chi connectivity index (χ1v) is 10.9.